The van der Waals surface area contributed by atoms with Crippen LogP contribution in [0.4, 0.5) is 5.69 Å². The van der Waals surface area contributed by atoms with Gasteiger partial charge in [0.2, 0.25) is 0 Å². The largest absolute Gasteiger partial charge is 0.292 e. The highest BCUT2D eigenvalue weighted by atomic mass is 16.1. The van der Waals surface area contributed by atoms with Crippen molar-refractivity contribution in [3.8, 4) is 0 Å². The molecule has 1 N–H and O–H groups in total. The van der Waals surface area contributed by atoms with E-state index in [1.165, 1.54) is 0 Å². The van der Waals surface area contributed by atoms with Gasteiger partial charge in [0, 0.05) is 18.3 Å². The molecule has 0 saturated heterocycles. The molecule has 3 rings (SSSR count). The van der Waals surface area contributed by atoms with Gasteiger partial charge >= 0.3 is 0 Å². The van der Waals surface area contributed by atoms with Crippen molar-refractivity contribution < 1.29 is 0 Å². The lowest BCUT2D eigenvalue weighted by molar-refractivity contribution is 0.588. The van der Waals surface area contributed by atoms with Crippen LogP contribution in [0.2, 0.25) is 0 Å². The van der Waals surface area contributed by atoms with E-state index in [2.05, 4.69) is 15.5 Å². The minimum atomic E-state index is -0.000360. The number of hydrogen-bond donors (Lipinski definition) is 1. The number of rotatable bonds is 2. The van der Waals surface area contributed by atoms with Crippen molar-refractivity contribution in [3.05, 3.63) is 58.3 Å². The van der Waals surface area contributed by atoms with Crippen molar-refractivity contribution in [1.29, 1.82) is 0 Å². The molecule has 0 saturated carbocycles. The average molecular weight is 268 g/mol. The van der Waals surface area contributed by atoms with E-state index in [-0.39, 0.29) is 5.56 Å². The van der Waals surface area contributed by atoms with Gasteiger partial charge in [0.1, 0.15) is 5.71 Å². The second kappa shape index (κ2) is 5.28. The number of aromatic nitrogens is 2. The van der Waals surface area contributed by atoms with Gasteiger partial charge in [-0.3, -0.25) is 14.8 Å². The van der Waals surface area contributed by atoms with Crippen LogP contribution in [0.5, 0.6) is 0 Å². The summed E-state index contributed by atoms with van der Waals surface area (Å²) in [5.41, 5.74) is 5.52. The highest BCUT2D eigenvalue weighted by molar-refractivity contribution is 5.98. The second-order valence-electron chi connectivity index (χ2n) is 4.85. The van der Waals surface area contributed by atoms with Gasteiger partial charge in [0.05, 0.1) is 5.69 Å². The van der Waals surface area contributed by atoms with E-state index in [0.717, 1.165) is 29.9 Å². The van der Waals surface area contributed by atoms with Crippen LogP contribution in [0.3, 0.4) is 0 Å². The van der Waals surface area contributed by atoms with Crippen LogP contribution >= 0.6 is 0 Å². The fourth-order valence-corrected chi connectivity index (χ4v) is 2.32. The fraction of sp³-hybridized carbons (Fsp3) is 0.267. The molecule has 1 aromatic carbocycles. The molecule has 20 heavy (non-hydrogen) atoms. The maximum Gasteiger partial charge on any atom is 0.254 e. The molecular weight excluding hydrogens is 252 g/mol. The van der Waals surface area contributed by atoms with Crippen LogP contribution in [0, 0.1) is 6.92 Å². The Morgan fingerprint density at radius 2 is 2.10 bits per heavy atom. The standard InChI is InChI=1S/C15H16N4O/c1-11-10-14(20)19-9-5-8-13(15(19)16-11)18-17-12-6-3-2-4-7-12/h2-4,6-7,10,17H,5,8-9H2,1H3/b18-13+. The summed E-state index contributed by atoms with van der Waals surface area (Å²) in [4.78, 5) is 16.4. The molecule has 1 aromatic heterocycles. The van der Waals surface area contributed by atoms with E-state index in [0.29, 0.717) is 12.4 Å². The molecule has 5 heteroatoms. The van der Waals surface area contributed by atoms with Gasteiger partial charge in [-0.05, 0) is 31.9 Å². The van der Waals surface area contributed by atoms with Crippen molar-refractivity contribution in [2.45, 2.75) is 26.3 Å². The third-order valence-electron chi connectivity index (χ3n) is 3.28. The summed E-state index contributed by atoms with van der Waals surface area (Å²) in [6.07, 6.45) is 1.74. The number of nitrogens with one attached hydrogen (secondary N) is 1. The van der Waals surface area contributed by atoms with Crippen molar-refractivity contribution in [2.24, 2.45) is 5.10 Å². The molecule has 0 fully saturated rings. The highest BCUT2D eigenvalue weighted by Crippen LogP contribution is 2.13. The molecule has 102 valence electrons. The Kier molecular flexibility index (Phi) is 3.33. The summed E-state index contributed by atoms with van der Waals surface area (Å²) in [5.74, 6) is 0.685. The van der Waals surface area contributed by atoms with Gasteiger partial charge in [0.25, 0.3) is 5.56 Å². The molecule has 0 atom stereocenters. The first-order valence-electron chi connectivity index (χ1n) is 6.70. The van der Waals surface area contributed by atoms with E-state index in [9.17, 15) is 4.79 Å². The molecule has 0 radical (unpaired) electrons. The summed E-state index contributed by atoms with van der Waals surface area (Å²) >= 11 is 0. The molecule has 0 unspecified atom stereocenters. The number of para-hydroxylation sites is 1. The van der Waals surface area contributed by atoms with Crippen LogP contribution in [0.25, 0.3) is 0 Å². The summed E-state index contributed by atoms with van der Waals surface area (Å²) < 4.78 is 1.70. The predicted molar refractivity (Wildman–Crippen MR) is 79.1 cm³/mol. The lowest BCUT2D eigenvalue weighted by Crippen LogP contribution is -2.32. The van der Waals surface area contributed by atoms with Crippen molar-refractivity contribution in [2.75, 3.05) is 5.43 Å². The number of fused-ring (bicyclic) bond motifs is 1. The van der Waals surface area contributed by atoms with Gasteiger partial charge in [0.15, 0.2) is 5.82 Å². The normalized spacial score (nSPS) is 15.9. The number of anilines is 1. The van der Waals surface area contributed by atoms with E-state index >= 15 is 0 Å². The Labute approximate surface area is 117 Å². The molecule has 0 spiro atoms. The first-order chi connectivity index (χ1) is 9.74. The van der Waals surface area contributed by atoms with Crippen molar-refractivity contribution >= 4 is 11.4 Å². The van der Waals surface area contributed by atoms with Gasteiger partial charge in [-0.2, -0.15) is 5.10 Å². The van der Waals surface area contributed by atoms with Crippen LogP contribution in [-0.4, -0.2) is 15.3 Å². The topological polar surface area (TPSA) is 59.3 Å². The van der Waals surface area contributed by atoms with Crippen LogP contribution in [0.15, 0.2) is 46.3 Å². The van der Waals surface area contributed by atoms with Gasteiger partial charge < -0.3 is 0 Å². The third-order valence-corrected chi connectivity index (χ3v) is 3.28. The Morgan fingerprint density at radius 1 is 1.30 bits per heavy atom. The average Bonchev–Trinajstić information content (AvgIpc) is 2.46. The zero-order chi connectivity index (χ0) is 13.9. The summed E-state index contributed by atoms with van der Waals surface area (Å²) in [7, 11) is 0. The quantitative estimate of drug-likeness (QED) is 0.849. The molecule has 0 amide bonds. The molecule has 0 bridgehead atoms. The summed E-state index contributed by atoms with van der Waals surface area (Å²) in [6.45, 7) is 2.55. The molecule has 0 aliphatic carbocycles. The summed E-state index contributed by atoms with van der Waals surface area (Å²) in [5, 5.41) is 4.42. The third kappa shape index (κ3) is 2.47. The van der Waals surface area contributed by atoms with Crippen LogP contribution in [-0.2, 0) is 6.54 Å². The number of hydrogen-bond acceptors (Lipinski definition) is 4. The van der Waals surface area contributed by atoms with E-state index < -0.39 is 0 Å². The lowest BCUT2D eigenvalue weighted by Gasteiger charge is -2.19. The van der Waals surface area contributed by atoms with Crippen LogP contribution < -0.4 is 11.0 Å². The smallest absolute Gasteiger partial charge is 0.254 e. The zero-order valence-electron chi connectivity index (χ0n) is 11.3. The van der Waals surface area contributed by atoms with Crippen molar-refractivity contribution in [1.82, 2.24) is 9.55 Å². The minimum Gasteiger partial charge on any atom is -0.292 e. The Bertz CT molecular complexity index is 704. The maximum atomic E-state index is 12.0. The van der Waals surface area contributed by atoms with Gasteiger partial charge in [-0.1, -0.05) is 18.2 Å². The maximum absolute atomic E-state index is 12.0. The first-order valence-corrected chi connectivity index (χ1v) is 6.70. The Hall–Kier alpha value is -2.43. The van der Waals surface area contributed by atoms with E-state index in [1.54, 1.807) is 10.6 Å². The molecular formula is C15H16N4O. The Balaban J connectivity index is 1.96. The van der Waals surface area contributed by atoms with E-state index in [1.807, 2.05) is 37.3 Å². The summed E-state index contributed by atoms with van der Waals surface area (Å²) in [6, 6.07) is 11.3. The monoisotopic (exact) mass is 268 g/mol. The number of benzene rings is 1. The lowest BCUT2D eigenvalue weighted by atomic mass is 10.1. The minimum absolute atomic E-state index is 0.000360. The van der Waals surface area contributed by atoms with Crippen LogP contribution in [0.1, 0.15) is 24.4 Å². The molecule has 1 aliphatic rings. The first kappa shape index (κ1) is 12.6. The molecule has 1 aliphatic heterocycles. The molecule has 2 heterocycles. The fourth-order valence-electron chi connectivity index (χ4n) is 2.32. The SMILES string of the molecule is Cc1cc(=O)n2c(n1)/C(=N/Nc1ccccc1)CCC2. The zero-order valence-corrected chi connectivity index (χ0v) is 11.3. The molecule has 5 nitrogen and oxygen atoms in total. The van der Waals surface area contributed by atoms with Gasteiger partial charge in [-0.15, -0.1) is 0 Å². The number of aryl methyl sites for hydroxylation is 1. The highest BCUT2D eigenvalue weighted by Gasteiger charge is 2.18. The number of hydrazone groups is 1. The molecule has 2 aromatic rings. The van der Waals surface area contributed by atoms with Crippen molar-refractivity contribution in [3.63, 3.8) is 0 Å². The number of nitrogens with zero attached hydrogens (tertiary/aromatic N) is 3. The van der Waals surface area contributed by atoms with E-state index in [4.69, 9.17) is 0 Å². The second-order valence-corrected chi connectivity index (χ2v) is 4.85. The predicted octanol–water partition coefficient (Wildman–Crippen LogP) is 2.16. The Morgan fingerprint density at radius 3 is 2.90 bits per heavy atom. The van der Waals surface area contributed by atoms with Gasteiger partial charge in [-0.25, -0.2) is 4.98 Å².